The third-order valence-corrected chi connectivity index (χ3v) is 14.3. The number of aliphatic hydroxyl groups is 12. The molecule has 0 aromatic heterocycles. The average molecular weight is 1070 g/mol. The summed E-state index contributed by atoms with van der Waals surface area (Å²) in [6.45, 7) is 8.29. The minimum absolute atomic E-state index is 0.177. The number of hydrogen-bond acceptors (Lipinski definition) is 21. The number of aliphatic carboxylic acids is 1. The van der Waals surface area contributed by atoms with Gasteiger partial charge in [-0.15, -0.1) is 0 Å². The van der Waals surface area contributed by atoms with E-state index in [1.54, 1.807) is 44.2 Å². The van der Waals surface area contributed by atoms with Crippen molar-refractivity contribution >= 4 is 11.9 Å². The molecule has 3 saturated heterocycles. The lowest BCUT2D eigenvalue weighted by molar-refractivity contribution is -0.312. The van der Waals surface area contributed by atoms with Crippen molar-refractivity contribution in [2.24, 2.45) is 23.5 Å². The van der Waals surface area contributed by atoms with E-state index in [-0.39, 0.29) is 38.0 Å². The Bertz CT molecular complexity index is 1920. The van der Waals surface area contributed by atoms with Gasteiger partial charge in [-0.3, -0.25) is 9.59 Å². The Kier molecular flexibility index (Phi) is 26.3. The molecule has 0 aromatic rings. The smallest absolute Gasteiger partial charge is 0.311 e. The van der Waals surface area contributed by atoms with E-state index >= 15 is 0 Å². The average Bonchev–Trinajstić information content (AvgIpc) is 3.32. The van der Waals surface area contributed by atoms with Gasteiger partial charge in [0.2, 0.25) is 0 Å². The summed E-state index contributed by atoms with van der Waals surface area (Å²) in [5, 5.41) is 140. The van der Waals surface area contributed by atoms with Crippen molar-refractivity contribution in [1.82, 2.24) is 0 Å². The van der Waals surface area contributed by atoms with E-state index < -0.39 is 171 Å². The number of aliphatic hydroxyl groups excluding tert-OH is 11. The SMILES string of the molecule is C[C@@H]1[C@H](OC2O[C@@H](C)[C@@H](O)[C@@H](O)[C@@H]2O)[C@@H](C)/C=C/C=C/CC/C=C/C=C/C=C/C=C/[C@H](O[C@@H]2O[C@H](C)[C@@H](O)[C@H](N)[C@@H]2O)C[C@@H]2O[C@](O)(C[C@@H](O)[C@H](O)CC[C@@H](O)C[C@@H](O)C[C@@H](O)CC(=O)O[C@H]1C)C[C@H](O)[C@H]2C(=O)O. The van der Waals surface area contributed by atoms with Crippen LogP contribution in [0.2, 0.25) is 0 Å². The molecule has 4 aliphatic heterocycles. The lowest BCUT2D eigenvalue weighted by atomic mass is 9.82. The highest BCUT2D eigenvalue weighted by Gasteiger charge is 2.51. The van der Waals surface area contributed by atoms with Gasteiger partial charge in [-0.05, 0) is 59.3 Å². The highest BCUT2D eigenvalue weighted by molar-refractivity contribution is 5.71. The minimum atomic E-state index is -2.38. The first-order chi connectivity index (χ1) is 35.3. The molecular weight excluding hydrogens is 987 g/mol. The van der Waals surface area contributed by atoms with E-state index in [4.69, 9.17) is 34.2 Å². The molecule has 0 amide bonds. The Hall–Kier alpha value is -3.34. The standard InChI is InChI=1S/C53H85NO21/c1-28-18-16-14-12-10-8-6-7-9-11-13-15-17-19-36(73-51-46(64)43(54)44(62)31(4)71-51)25-40-42(50(67)68)39(60)27-53(69,75-40)26-38(59)37(58)21-20-33(55)22-34(56)23-35(57)24-41(61)70-30(3)29(2)49(28)74-52-48(66)47(65)45(63)32(5)72-52/h6-7,9,11-19,28-40,42-49,51-52,55-60,62-66,69H,8,10,20-27,54H2,1-5H3,(H,67,68)/b7-6+,11-9+,14-12+,15-13+,18-16+,19-17+/t28-,29-,30-,31+,32-,33+,34+,35+,36-,37+,38+,39-,40-,42+,43-,44+,45+,46-,47+,48-,49+,51-,52?,53+/m0/s1. The molecule has 4 aliphatic rings. The summed E-state index contributed by atoms with van der Waals surface area (Å²) >= 11 is 0. The van der Waals surface area contributed by atoms with Crippen LogP contribution in [0.1, 0.15) is 98.8 Å². The van der Waals surface area contributed by atoms with Gasteiger partial charge in [0.1, 0.15) is 36.4 Å². The molecule has 0 aromatic carbocycles. The number of carboxylic acid groups (broad SMARTS) is 1. The van der Waals surface area contributed by atoms with Crippen LogP contribution in [0.25, 0.3) is 0 Å². The van der Waals surface area contributed by atoms with Gasteiger partial charge in [-0.25, -0.2) is 0 Å². The normalized spacial score (nSPS) is 47.0. The Morgan fingerprint density at radius 2 is 1.17 bits per heavy atom. The van der Waals surface area contributed by atoms with E-state index in [1.807, 2.05) is 43.4 Å². The zero-order valence-electron chi connectivity index (χ0n) is 43.4. The number of rotatable bonds is 5. The fourth-order valence-corrected chi connectivity index (χ4v) is 9.63. The van der Waals surface area contributed by atoms with E-state index in [2.05, 4.69) is 0 Å². The van der Waals surface area contributed by atoms with E-state index in [1.165, 1.54) is 19.9 Å². The summed E-state index contributed by atoms with van der Waals surface area (Å²) in [6.07, 6.45) is -5.64. The fraction of sp³-hybridized carbons (Fsp3) is 0.736. The number of nitrogens with two attached hydrogens (primary N) is 1. The van der Waals surface area contributed by atoms with Crippen LogP contribution >= 0.6 is 0 Å². The molecule has 428 valence electrons. The number of hydrogen-bond donors (Lipinski definition) is 14. The predicted octanol–water partition coefficient (Wildman–Crippen LogP) is -0.212. The molecule has 0 spiro atoms. The molecular formula is C53H85NO21. The third-order valence-electron chi connectivity index (χ3n) is 14.3. The number of esters is 1. The predicted molar refractivity (Wildman–Crippen MR) is 268 cm³/mol. The van der Waals surface area contributed by atoms with Crippen LogP contribution in [0.4, 0.5) is 0 Å². The van der Waals surface area contributed by atoms with Gasteiger partial charge >= 0.3 is 11.9 Å². The number of carbonyl (C=O) groups excluding carboxylic acids is 1. The minimum Gasteiger partial charge on any atom is -0.481 e. The zero-order chi connectivity index (χ0) is 55.7. The Morgan fingerprint density at radius 1 is 0.613 bits per heavy atom. The molecule has 15 N–H and O–H groups in total. The Balaban J connectivity index is 1.56. The van der Waals surface area contributed by atoms with Crippen molar-refractivity contribution in [3.63, 3.8) is 0 Å². The van der Waals surface area contributed by atoms with E-state index in [0.717, 1.165) is 0 Å². The summed E-state index contributed by atoms with van der Waals surface area (Å²) in [6, 6.07) is -1.16. The zero-order valence-corrected chi connectivity index (χ0v) is 43.4. The molecule has 22 heteroatoms. The number of cyclic esters (lactones) is 1. The van der Waals surface area contributed by atoms with Crippen LogP contribution in [0, 0.1) is 17.8 Å². The lowest BCUT2D eigenvalue weighted by Crippen LogP contribution is -2.61. The number of fused-ring (bicyclic) bond motifs is 2. The molecule has 0 aliphatic carbocycles. The van der Waals surface area contributed by atoms with Gasteiger partial charge in [0, 0.05) is 31.1 Å². The summed E-state index contributed by atoms with van der Waals surface area (Å²) < 4.78 is 35.4. The Morgan fingerprint density at radius 3 is 1.83 bits per heavy atom. The summed E-state index contributed by atoms with van der Waals surface area (Å²) in [4.78, 5) is 25.6. The van der Waals surface area contributed by atoms with Crippen LogP contribution in [-0.2, 0) is 38.0 Å². The largest absolute Gasteiger partial charge is 0.481 e. The van der Waals surface area contributed by atoms with E-state index in [0.29, 0.717) is 12.8 Å². The molecule has 75 heavy (non-hydrogen) atoms. The molecule has 3 fully saturated rings. The number of ether oxygens (including phenoxy) is 6. The van der Waals surface area contributed by atoms with Crippen molar-refractivity contribution in [3.8, 4) is 0 Å². The summed E-state index contributed by atoms with van der Waals surface area (Å²) in [7, 11) is 0. The second kappa shape index (κ2) is 30.7. The molecule has 0 saturated carbocycles. The maximum Gasteiger partial charge on any atom is 0.311 e. The van der Waals surface area contributed by atoms with Crippen molar-refractivity contribution in [3.05, 3.63) is 72.9 Å². The summed E-state index contributed by atoms with van der Waals surface area (Å²) in [5.41, 5.74) is 6.04. The molecule has 24 atom stereocenters. The number of carboxylic acids is 1. The van der Waals surface area contributed by atoms with Gasteiger partial charge in [-0.2, -0.15) is 0 Å². The van der Waals surface area contributed by atoms with Crippen molar-refractivity contribution < 1.29 is 104 Å². The van der Waals surface area contributed by atoms with Gasteiger partial charge < -0.3 is 101 Å². The van der Waals surface area contributed by atoms with Gasteiger partial charge in [0.15, 0.2) is 18.4 Å². The molecule has 22 nitrogen and oxygen atoms in total. The maximum absolute atomic E-state index is 13.1. The lowest BCUT2D eigenvalue weighted by Gasteiger charge is -2.45. The highest BCUT2D eigenvalue weighted by Crippen LogP contribution is 2.38. The molecule has 1 unspecified atom stereocenters. The first-order valence-corrected chi connectivity index (χ1v) is 26.0. The molecule has 4 heterocycles. The topological polar surface area (TPSA) is 379 Å². The monoisotopic (exact) mass is 1070 g/mol. The van der Waals surface area contributed by atoms with Crippen molar-refractivity contribution in [2.45, 2.75) is 227 Å². The van der Waals surface area contributed by atoms with Gasteiger partial charge in [0.25, 0.3) is 0 Å². The van der Waals surface area contributed by atoms with Crippen LogP contribution in [-0.4, -0.2) is 206 Å². The van der Waals surface area contributed by atoms with Crippen LogP contribution < -0.4 is 5.73 Å². The number of carbonyl (C=O) groups is 2. The van der Waals surface area contributed by atoms with Crippen molar-refractivity contribution in [2.75, 3.05) is 0 Å². The second-order valence-electron chi connectivity index (χ2n) is 20.6. The van der Waals surface area contributed by atoms with Gasteiger partial charge in [0.05, 0.1) is 85.7 Å². The quantitative estimate of drug-likeness (QED) is 0.158. The Labute approximate surface area is 438 Å². The van der Waals surface area contributed by atoms with E-state index in [9.17, 15) is 76.0 Å². The van der Waals surface area contributed by atoms with Crippen LogP contribution in [0.3, 0.4) is 0 Å². The first kappa shape index (κ1) is 64.2. The second-order valence-corrected chi connectivity index (χ2v) is 20.6. The summed E-state index contributed by atoms with van der Waals surface area (Å²) in [5.74, 6) is -7.20. The molecule has 2 bridgehead atoms. The highest BCUT2D eigenvalue weighted by atomic mass is 16.7. The van der Waals surface area contributed by atoms with Crippen LogP contribution in [0.15, 0.2) is 72.9 Å². The first-order valence-electron chi connectivity index (χ1n) is 26.0. The molecule has 0 radical (unpaired) electrons. The fourth-order valence-electron chi connectivity index (χ4n) is 9.63. The maximum atomic E-state index is 13.1. The van der Waals surface area contributed by atoms with Crippen molar-refractivity contribution in [1.29, 1.82) is 0 Å². The third kappa shape index (κ3) is 19.8. The number of allylic oxidation sites excluding steroid dienone is 10. The molecule has 4 rings (SSSR count). The van der Waals surface area contributed by atoms with Gasteiger partial charge in [-0.1, -0.05) is 86.8 Å². The van der Waals surface area contributed by atoms with Crippen LogP contribution in [0.5, 0.6) is 0 Å².